The van der Waals surface area contributed by atoms with Crippen LogP contribution in [0.4, 0.5) is 5.82 Å². The van der Waals surface area contributed by atoms with Gasteiger partial charge in [-0.2, -0.15) is 10.2 Å². The molecule has 0 bridgehead atoms. The van der Waals surface area contributed by atoms with Crippen molar-refractivity contribution >= 4 is 39.9 Å². The summed E-state index contributed by atoms with van der Waals surface area (Å²) >= 11 is 8.42. The molecule has 7 rings (SSSR count). The van der Waals surface area contributed by atoms with Gasteiger partial charge in [-0.25, -0.2) is 24.6 Å². The highest BCUT2D eigenvalue weighted by Gasteiger charge is 2.69. The number of halogens is 1. The van der Waals surface area contributed by atoms with E-state index >= 15 is 0 Å². The van der Waals surface area contributed by atoms with E-state index in [-0.39, 0.29) is 5.41 Å². The van der Waals surface area contributed by atoms with Crippen LogP contribution in [-0.2, 0) is 5.41 Å². The molecule has 0 unspecified atom stereocenters. The standard InChI is InChI=1S/C23H21ClN10S/c1-12-10-35-22(29-12)23(11-25)14-8-33(9-15(14)23)16-7-27-19-18(31-32-20(19)30-16)13-3-5-26-21(17(13)24)34-6-2-4-28-34/h2-7,10,14-15H,8-9,11,25H2,1H3,(H,30,31,32)/t14-,15+,23-. The lowest BCUT2D eigenvalue weighted by atomic mass is 10.0. The van der Waals surface area contributed by atoms with Crippen molar-refractivity contribution in [2.45, 2.75) is 12.3 Å². The molecule has 2 aliphatic rings. The number of nitrogens with zero attached hydrogens (tertiary/aromatic N) is 8. The Morgan fingerprint density at radius 2 is 2.09 bits per heavy atom. The number of hydrogen-bond donors (Lipinski definition) is 2. The monoisotopic (exact) mass is 504 g/mol. The highest BCUT2D eigenvalue weighted by molar-refractivity contribution is 7.09. The van der Waals surface area contributed by atoms with Crippen LogP contribution in [0.3, 0.4) is 0 Å². The molecule has 2 fully saturated rings. The first-order chi connectivity index (χ1) is 17.1. The van der Waals surface area contributed by atoms with E-state index in [2.05, 4.69) is 30.6 Å². The fourth-order valence-corrected chi connectivity index (χ4v) is 6.92. The molecule has 0 amide bonds. The van der Waals surface area contributed by atoms with Crippen LogP contribution < -0.4 is 10.6 Å². The fourth-order valence-electron chi connectivity index (χ4n) is 5.50. The van der Waals surface area contributed by atoms with Crippen LogP contribution >= 0.6 is 22.9 Å². The number of thiazole rings is 1. The quantitative estimate of drug-likeness (QED) is 0.374. The minimum atomic E-state index is 0.0124. The number of piperidine rings is 1. The number of nitrogens with one attached hydrogen (secondary N) is 1. The van der Waals surface area contributed by atoms with E-state index in [4.69, 9.17) is 32.3 Å². The molecule has 10 nitrogen and oxygen atoms in total. The number of fused-ring (bicyclic) bond motifs is 2. The molecular weight excluding hydrogens is 484 g/mol. The largest absolute Gasteiger partial charge is 0.355 e. The Labute approximate surface area is 209 Å². The molecule has 1 aliphatic heterocycles. The summed E-state index contributed by atoms with van der Waals surface area (Å²) in [5.74, 6) is 2.35. The molecular formula is C23H21ClN10S. The third kappa shape index (κ3) is 2.98. The molecule has 5 aromatic heterocycles. The van der Waals surface area contributed by atoms with Gasteiger partial charge in [0.15, 0.2) is 11.5 Å². The molecule has 1 saturated carbocycles. The molecule has 6 heterocycles. The Balaban J connectivity index is 1.17. The summed E-state index contributed by atoms with van der Waals surface area (Å²) in [6.45, 7) is 4.45. The van der Waals surface area contributed by atoms with Gasteiger partial charge in [0.1, 0.15) is 22.0 Å². The zero-order valence-corrected chi connectivity index (χ0v) is 20.3. The Bertz CT molecular complexity index is 1550. The number of aromatic nitrogens is 8. The summed E-state index contributed by atoms with van der Waals surface area (Å²) in [4.78, 5) is 21.0. The van der Waals surface area contributed by atoms with Gasteiger partial charge in [0, 0.05) is 60.3 Å². The molecule has 3 atom stereocenters. The van der Waals surface area contributed by atoms with Crippen LogP contribution in [0.1, 0.15) is 10.7 Å². The lowest BCUT2D eigenvalue weighted by Gasteiger charge is -2.25. The van der Waals surface area contributed by atoms with Gasteiger partial charge < -0.3 is 10.6 Å². The summed E-state index contributed by atoms with van der Waals surface area (Å²) < 4.78 is 1.62. The normalized spacial score (nSPS) is 23.2. The van der Waals surface area contributed by atoms with Crippen molar-refractivity contribution < 1.29 is 0 Å². The van der Waals surface area contributed by atoms with Gasteiger partial charge in [0.2, 0.25) is 0 Å². The van der Waals surface area contributed by atoms with Crippen LogP contribution in [0.2, 0.25) is 5.02 Å². The fraction of sp³-hybridized carbons (Fsp3) is 0.304. The summed E-state index contributed by atoms with van der Waals surface area (Å²) in [5, 5.41) is 15.5. The second-order valence-corrected chi connectivity index (χ2v) is 10.3. The third-order valence-corrected chi connectivity index (χ3v) is 8.84. The molecule has 3 N–H and O–H groups in total. The number of hydrogen-bond acceptors (Lipinski definition) is 9. The van der Waals surface area contributed by atoms with E-state index < -0.39 is 0 Å². The average molecular weight is 505 g/mol. The zero-order chi connectivity index (χ0) is 23.7. The number of H-pyrrole nitrogens is 1. The maximum atomic E-state index is 6.69. The maximum absolute atomic E-state index is 6.69. The molecule has 1 saturated heterocycles. The van der Waals surface area contributed by atoms with Gasteiger partial charge in [-0.05, 0) is 30.9 Å². The van der Waals surface area contributed by atoms with Crippen molar-refractivity contribution in [2.24, 2.45) is 17.6 Å². The average Bonchev–Trinajstić information content (AvgIpc) is 3.53. The van der Waals surface area contributed by atoms with Gasteiger partial charge in [0.25, 0.3) is 0 Å². The van der Waals surface area contributed by atoms with Crippen LogP contribution in [0, 0.1) is 18.8 Å². The number of pyridine rings is 1. The minimum Gasteiger partial charge on any atom is -0.355 e. The van der Waals surface area contributed by atoms with E-state index in [1.807, 2.05) is 25.3 Å². The molecule has 176 valence electrons. The molecule has 1 aliphatic carbocycles. The lowest BCUT2D eigenvalue weighted by molar-refractivity contribution is 0.549. The lowest BCUT2D eigenvalue weighted by Crippen LogP contribution is -2.35. The highest BCUT2D eigenvalue weighted by Crippen LogP contribution is 2.63. The Morgan fingerprint density at radius 3 is 2.80 bits per heavy atom. The van der Waals surface area contributed by atoms with Crippen molar-refractivity contribution in [3.8, 4) is 17.1 Å². The van der Waals surface area contributed by atoms with Crippen LogP contribution in [0.5, 0.6) is 0 Å². The SMILES string of the molecule is Cc1csc([C@]2(CN)[C@@H]3CN(c4cnc5c(-c6ccnc(-n7cccn7)c6Cl)n[nH]c5n4)C[C@@H]32)n1. The predicted octanol–water partition coefficient (Wildman–Crippen LogP) is 2.98. The molecule has 35 heavy (non-hydrogen) atoms. The molecule has 0 spiro atoms. The van der Waals surface area contributed by atoms with E-state index in [0.29, 0.717) is 51.6 Å². The van der Waals surface area contributed by atoms with Gasteiger partial charge >= 0.3 is 0 Å². The Morgan fingerprint density at radius 1 is 1.23 bits per heavy atom. The van der Waals surface area contributed by atoms with E-state index in [1.165, 1.54) is 5.01 Å². The van der Waals surface area contributed by atoms with Crippen molar-refractivity contribution in [3.63, 3.8) is 0 Å². The number of rotatable bonds is 5. The Kier molecular flexibility index (Phi) is 4.51. The van der Waals surface area contributed by atoms with E-state index in [0.717, 1.165) is 24.6 Å². The molecule has 0 radical (unpaired) electrons. The zero-order valence-electron chi connectivity index (χ0n) is 18.8. The van der Waals surface area contributed by atoms with Gasteiger partial charge in [0.05, 0.1) is 11.2 Å². The summed E-state index contributed by atoms with van der Waals surface area (Å²) in [5.41, 5.74) is 9.96. The number of aryl methyl sites for hydroxylation is 1. The van der Waals surface area contributed by atoms with E-state index in [9.17, 15) is 0 Å². The smallest absolute Gasteiger partial charge is 0.177 e. The van der Waals surface area contributed by atoms with E-state index in [1.54, 1.807) is 34.6 Å². The first kappa shape index (κ1) is 20.9. The Hall–Kier alpha value is -3.41. The number of nitrogens with two attached hydrogens (primary N) is 1. The van der Waals surface area contributed by atoms with Crippen LogP contribution in [0.15, 0.2) is 42.3 Å². The summed E-state index contributed by atoms with van der Waals surface area (Å²) in [6.07, 6.45) is 6.97. The van der Waals surface area contributed by atoms with Crippen LogP contribution in [-0.4, -0.2) is 59.5 Å². The van der Waals surface area contributed by atoms with Gasteiger partial charge in [-0.1, -0.05) is 11.6 Å². The molecule has 5 aromatic rings. The van der Waals surface area contributed by atoms with Crippen LogP contribution in [0.25, 0.3) is 28.2 Å². The second-order valence-electron chi connectivity index (χ2n) is 9.10. The first-order valence-electron chi connectivity index (χ1n) is 11.3. The highest BCUT2D eigenvalue weighted by atomic mass is 35.5. The van der Waals surface area contributed by atoms with Gasteiger partial charge in [-0.15, -0.1) is 11.3 Å². The number of anilines is 1. The minimum absolute atomic E-state index is 0.0124. The van der Waals surface area contributed by atoms with Gasteiger partial charge in [-0.3, -0.25) is 5.10 Å². The first-order valence-corrected chi connectivity index (χ1v) is 12.6. The van der Waals surface area contributed by atoms with Crippen molar-refractivity contribution in [1.29, 1.82) is 0 Å². The maximum Gasteiger partial charge on any atom is 0.177 e. The van der Waals surface area contributed by atoms with Crippen molar-refractivity contribution in [1.82, 2.24) is 39.9 Å². The topological polar surface area (TPSA) is 127 Å². The van der Waals surface area contributed by atoms with Crippen molar-refractivity contribution in [2.75, 3.05) is 24.5 Å². The summed E-state index contributed by atoms with van der Waals surface area (Å²) in [7, 11) is 0. The second kappa shape index (κ2) is 7.54. The predicted molar refractivity (Wildman–Crippen MR) is 134 cm³/mol. The number of aromatic amines is 1. The summed E-state index contributed by atoms with van der Waals surface area (Å²) in [6, 6.07) is 3.64. The molecule has 0 aromatic carbocycles. The third-order valence-electron chi connectivity index (χ3n) is 7.32. The van der Waals surface area contributed by atoms with Crippen molar-refractivity contribution in [3.05, 3.63) is 58.0 Å². The molecule has 12 heteroatoms.